The monoisotopic (exact) mass is 338 g/mol. The lowest BCUT2D eigenvalue weighted by Crippen LogP contribution is -2.11. The number of carbonyl (C=O) groups is 1. The minimum absolute atomic E-state index is 0.0668. The standard InChI is InChI=1S/C18H18N4O3/c1-24-15-9-7-13(8-10-15)18-21-17(25-22-18)6-2-5-16(23)20-14-4-3-11-19-12-14/h3-4,7-12H,2,5-6H2,1H3,(H,20,23). The van der Waals surface area contributed by atoms with Gasteiger partial charge in [0.1, 0.15) is 5.75 Å². The molecule has 0 aliphatic heterocycles. The molecule has 2 aromatic heterocycles. The highest BCUT2D eigenvalue weighted by molar-refractivity contribution is 5.90. The Bertz CT molecular complexity index is 816. The second-order valence-electron chi connectivity index (χ2n) is 5.38. The Hall–Kier alpha value is -3.22. The number of nitrogens with zero attached hydrogens (tertiary/aromatic N) is 3. The number of aromatic nitrogens is 3. The van der Waals surface area contributed by atoms with E-state index in [0.29, 0.717) is 36.7 Å². The maximum atomic E-state index is 11.9. The highest BCUT2D eigenvalue weighted by atomic mass is 16.5. The maximum absolute atomic E-state index is 11.9. The second-order valence-corrected chi connectivity index (χ2v) is 5.38. The Morgan fingerprint density at radius 2 is 2.08 bits per heavy atom. The summed E-state index contributed by atoms with van der Waals surface area (Å²) in [5.41, 5.74) is 1.54. The summed E-state index contributed by atoms with van der Waals surface area (Å²) in [5.74, 6) is 1.74. The van der Waals surface area contributed by atoms with Crippen molar-refractivity contribution in [2.75, 3.05) is 12.4 Å². The number of hydrogen-bond acceptors (Lipinski definition) is 6. The molecular weight excluding hydrogens is 320 g/mol. The Kier molecular flexibility index (Phi) is 5.36. The van der Waals surface area contributed by atoms with Crippen LogP contribution in [0.1, 0.15) is 18.7 Å². The third-order valence-corrected chi connectivity index (χ3v) is 3.56. The average molecular weight is 338 g/mol. The van der Waals surface area contributed by atoms with Crippen molar-refractivity contribution in [2.45, 2.75) is 19.3 Å². The van der Waals surface area contributed by atoms with Crippen LogP contribution < -0.4 is 10.1 Å². The lowest BCUT2D eigenvalue weighted by molar-refractivity contribution is -0.116. The zero-order valence-corrected chi connectivity index (χ0v) is 13.8. The lowest BCUT2D eigenvalue weighted by Gasteiger charge is -2.03. The van der Waals surface area contributed by atoms with Gasteiger partial charge in [-0.15, -0.1) is 0 Å². The maximum Gasteiger partial charge on any atom is 0.226 e. The average Bonchev–Trinajstić information content (AvgIpc) is 3.11. The molecule has 0 radical (unpaired) electrons. The van der Waals surface area contributed by atoms with Crippen LogP contribution in [0, 0.1) is 0 Å². The summed E-state index contributed by atoms with van der Waals surface area (Å²) in [6.45, 7) is 0. The summed E-state index contributed by atoms with van der Waals surface area (Å²) in [6.07, 6.45) is 4.80. The van der Waals surface area contributed by atoms with Crippen LogP contribution >= 0.6 is 0 Å². The van der Waals surface area contributed by atoms with Gasteiger partial charge in [0.2, 0.25) is 17.6 Å². The van der Waals surface area contributed by atoms with Gasteiger partial charge in [0.05, 0.1) is 19.0 Å². The Morgan fingerprint density at radius 1 is 1.24 bits per heavy atom. The third-order valence-electron chi connectivity index (χ3n) is 3.56. The van der Waals surface area contributed by atoms with Crippen molar-refractivity contribution in [2.24, 2.45) is 0 Å². The largest absolute Gasteiger partial charge is 0.497 e. The predicted molar refractivity (Wildman–Crippen MR) is 92.1 cm³/mol. The molecule has 0 spiro atoms. The van der Waals surface area contributed by atoms with E-state index in [2.05, 4.69) is 20.4 Å². The summed E-state index contributed by atoms with van der Waals surface area (Å²) in [5, 5.41) is 6.76. The SMILES string of the molecule is COc1ccc(-c2noc(CCCC(=O)Nc3cccnc3)n2)cc1. The number of pyridine rings is 1. The van der Waals surface area contributed by atoms with Gasteiger partial charge in [0.25, 0.3) is 0 Å². The van der Waals surface area contributed by atoms with Crippen LogP contribution in [-0.4, -0.2) is 28.1 Å². The van der Waals surface area contributed by atoms with E-state index in [1.165, 1.54) is 0 Å². The zero-order valence-electron chi connectivity index (χ0n) is 13.8. The summed E-state index contributed by atoms with van der Waals surface area (Å²) in [4.78, 5) is 20.2. The van der Waals surface area contributed by atoms with Gasteiger partial charge < -0.3 is 14.6 Å². The number of nitrogens with one attached hydrogen (secondary N) is 1. The highest BCUT2D eigenvalue weighted by Crippen LogP contribution is 2.20. The fourth-order valence-electron chi connectivity index (χ4n) is 2.27. The minimum atomic E-state index is -0.0668. The Balaban J connectivity index is 1.49. The number of amides is 1. The predicted octanol–water partition coefficient (Wildman–Crippen LogP) is 3.10. The molecule has 128 valence electrons. The number of methoxy groups -OCH3 is 1. The third kappa shape index (κ3) is 4.63. The van der Waals surface area contributed by atoms with Gasteiger partial charge >= 0.3 is 0 Å². The molecule has 0 bridgehead atoms. The Morgan fingerprint density at radius 3 is 2.80 bits per heavy atom. The molecule has 7 heteroatoms. The molecule has 0 saturated carbocycles. The van der Waals surface area contributed by atoms with Crippen LogP contribution in [0.4, 0.5) is 5.69 Å². The molecule has 25 heavy (non-hydrogen) atoms. The van der Waals surface area contributed by atoms with Crippen molar-refractivity contribution in [3.8, 4) is 17.1 Å². The molecule has 0 saturated heterocycles. The number of ether oxygens (including phenoxy) is 1. The molecule has 2 heterocycles. The van der Waals surface area contributed by atoms with Gasteiger partial charge in [0.15, 0.2) is 0 Å². The van der Waals surface area contributed by atoms with E-state index in [9.17, 15) is 4.79 Å². The molecule has 1 aromatic carbocycles. The van der Waals surface area contributed by atoms with E-state index in [0.717, 1.165) is 11.3 Å². The second kappa shape index (κ2) is 8.05. The van der Waals surface area contributed by atoms with Gasteiger partial charge in [-0.3, -0.25) is 9.78 Å². The number of carbonyl (C=O) groups excluding carboxylic acids is 1. The van der Waals surface area contributed by atoms with E-state index >= 15 is 0 Å². The molecule has 1 N–H and O–H groups in total. The highest BCUT2D eigenvalue weighted by Gasteiger charge is 2.10. The number of rotatable bonds is 7. The zero-order chi connectivity index (χ0) is 17.5. The fourth-order valence-corrected chi connectivity index (χ4v) is 2.27. The van der Waals surface area contributed by atoms with E-state index in [1.54, 1.807) is 31.6 Å². The molecular formula is C18H18N4O3. The molecule has 0 aliphatic rings. The first-order chi connectivity index (χ1) is 12.2. The van der Waals surface area contributed by atoms with Crippen LogP contribution in [-0.2, 0) is 11.2 Å². The quantitative estimate of drug-likeness (QED) is 0.712. The summed E-state index contributed by atoms with van der Waals surface area (Å²) in [7, 11) is 1.62. The van der Waals surface area contributed by atoms with Crippen LogP contribution in [0.3, 0.4) is 0 Å². The van der Waals surface area contributed by atoms with Crippen LogP contribution in [0.25, 0.3) is 11.4 Å². The van der Waals surface area contributed by atoms with Gasteiger partial charge in [-0.1, -0.05) is 5.16 Å². The van der Waals surface area contributed by atoms with E-state index in [-0.39, 0.29) is 5.91 Å². The van der Waals surface area contributed by atoms with Crippen LogP contribution in [0.5, 0.6) is 5.75 Å². The molecule has 0 aliphatic carbocycles. The molecule has 0 atom stereocenters. The summed E-state index contributed by atoms with van der Waals surface area (Å²) < 4.78 is 10.4. The smallest absolute Gasteiger partial charge is 0.226 e. The van der Waals surface area contributed by atoms with Gasteiger partial charge in [-0.05, 0) is 42.8 Å². The van der Waals surface area contributed by atoms with E-state index in [1.807, 2.05) is 24.3 Å². The van der Waals surface area contributed by atoms with Crippen LogP contribution in [0.2, 0.25) is 0 Å². The number of anilines is 1. The molecule has 7 nitrogen and oxygen atoms in total. The van der Waals surface area contributed by atoms with Gasteiger partial charge in [-0.2, -0.15) is 4.98 Å². The fraction of sp³-hybridized carbons (Fsp3) is 0.222. The number of benzene rings is 1. The van der Waals surface area contributed by atoms with Gasteiger partial charge in [0, 0.05) is 24.6 Å². The summed E-state index contributed by atoms with van der Waals surface area (Å²) >= 11 is 0. The van der Waals surface area contributed by atoms with Crippen molar-refractivity contribution < 1.29 is 14.1 Å². The van der Waals surface area contributed by atoms with Crippen molar-refractivity contribution in [1.29, 1.82) is 0 Å². The number of aryl methyl sites for hydroxylation is 1. The van der Waals surface area contributed by atoms with Crippen LogP contribution in [0.15, 0.2) is 53.3 Å². The topological polar surface area (TPSA) is 90.1 Å². The van der Waals surface area contributed by atoms with E-state index in [4.69, 9.17) is 9.26 Å². The van der Waals surface area contributed by atoms with Crippen molar-refractivity contribution >= 4 is 11.6 Å². The minimum Gasteiger partial charge on any atom is -0.497 e. The normalized spacial score (nSPS) is 10.4. The van der Waals surface area contributed by atoms with Crippen molar-refractivity contribution in [1.82, 2.24) is 15.1 Å². The lowest BCUT2D eigenvalue weighted by atomic mass is 10.2. The number of hydrogen-bond donors (Lipinski definition) is 1. The first-order valence-corrected chi connectivity index (χ1v) is 7.91. The summed E-state index contributed by atoms with van der Waals surface area (Å²) in [6, 6.07) is 11.0. The molecule has 0 fully saturated rings. The van der Waals surface area contributed by atoms with Crippen molar-refractivity contribution in [3.63, 3.8) is 0 Å². The van der Waals surface area contributed by atoms with E-state index < -0.39 is 0 Å². The first kappa shape index (κ1) is 16.6. The van der Waals surface area contributed by atoms with Gasteiger partial charge in [-0.25, -0.2) is 0 Å². The molecule has 3 rings (SSSR count). The first-order valence-electron chi connectivity index (χ1n) is 7.91. The Labute approximate surface area is 145 Å². The molecule has 3 aromatic rings. The molecule has 1 amide bonds. The van der Waals surface area contributed by atoms with Crippen molar-refractivity contribution in [3.05, 3.63) is 54.7 Å². The molecule has 0 unspecified atom stereocenters.